The molecule has 110 valence electrons. The summed E-state index contributed by atoms with van der Waals surface area (Å²) in [5.41, 5.74) is 0.161. The van der Waals surface area contributed by atoms with Crippen molar-refractivity contribution in [2.45, 2.75) is 11.8 Å². The fraction of sp³-hybridized carbons (Fsp3) is 0.0833. The standard InChI is InChI=1S/C12H9Cl2N3O3S/c1-7(18)8-3-2-4-9(5-8)21(19,20)17-10-11(13)15-6-16-12(10)14/h2-6,17H,1H3. The third-order valence-electron chi connectivity index (χ3n) is 2.54. The van der Waals surface area contributed by atoms with Crippen LogP contribution in [-0.2, 0) is 10.0 Å². The lowest BCUT2D eigenvalue weighted by atomic mass is 10.2. The normalized spacial score (nSPS) is 11.2. The summed E-state index contributed by atoms with van der Waals surface area (Å²) in [7, 11) is -3.97. The van der Waals surface area contributed by atoms with Crippen molar-refractivity contribution >= 4 is 44.7 Å². The Labute approximate surface area is 131 Å². The van der Waals surface area contributed by atoms with Gasteiger partial charge in [-0.25, -0.2) is 18.4 Å². The minimum Gasteiger partial charge on any atom is -0.295 e. The summed E-state index contributed by atoms with van der Waals surface area (Å²) >= 11 is 11.6. The molecule has 1 aromatic heterocycles. The van der Waals surface area contributed by atoms with Gasteiger partial charge in [-0.05, 0) is 19.1 Å². The van der Waals surface area contributed by atoms with Gasteiger partial charge in [0.1, 0.15) is 12.0 Å². The Morgan fingerprint density at radius 1 is 1.19 bits per heavy atom. The molecule has 0 spiro atoms. The smallest absolute Gasteiger partial charge is 0.262 e. The number of sulfonamides is 1. The molecule has 9 heteroatoms. The highest BCUT2D eigenvalue weighted by Gasteiger charge is 2.19. The highest BCUT2D eigenvalue weighted by atomic mass is 35.5. The van der Waals surface area contributed by atoms with E-state index in [0.717, 1.165) is 6.33 Å². The number of nitrogens with one attached hydrogen (secondary N) is 1. The number of hydrogen-bond donors (Lipinski definition) is 1. The van der Waals surface area contributed by atoms with E-state index in [4.69, 9.17) is 23.2 Å². The maximum Gasteiger partial charge on any atom is 0.262 e. The van der Waals surface area contributed by atoms with Gasteiger partial charge in [-0.3, -0.25) is 9.52 Å². The first kappa shape index (κ1) is 15.7. The molecule has 2 rings (SSSR count). The average Bonchev–Trinajstić information content (AvgIpc) is 2.43. The van der Waals surface area contributed by atoms with E-state index in [2.05, 4.69) is 14.7 Å². The molecule has 0 unspecified atom stereocenters. The van der Waals surface area contributed by atoms with Crippen LogP contribution in [0.25, 0.3) is 0 Å². The van der Waals surface area contributed by atoms with E-state index < -0.39 is 10.0 Å². The van der Waals surface area contributed by atoms with E-state index >= 15 is 0 Å². The first-order chi connectivity index (χ1) is 9.81. The van der Waals surface area contributed by atoms with E-state index in [-0.39, 0.29) is 32.2 Å². The Bertz CT molecular complexity index is 789. The zero-order valence-corrected chi connectivity index (χ0v) is 13.0. The third kappa shape index (κ3) is 3.49. The second kappa shape index (κ2) is 5.97. The van der Waals surface area contributed by atoms with Gasteiger partial charge in [-0.15, -0.1) is 0 Å². The summed E-state index contributed by atoms with van der Waals surface area (Å²) in [4.78, 5) is 18.5. The number of rotatable bonds is 4. The molecule has 0 saturated carbocycles. The van der Waals surface area contributed by atoms with Gasteiger partial charge in [0, 0.05) is 5.56 Å². The fourth-order valence-electron chi connectivity index (χ4n) is 1.50. The number of nitrogens with zero attached hydrogens (tertiary/aromatic N) is 2. The van der Waals surface area contributed by atoms with Crippen LogP contribution >= 0.6 is 23.2 Å². The second-order valence-electron chi connectivity index (χ2n) is 4.02. The number of carbonyl (C=O) groups is 1. The Hall–Kier alpha value is -1.70. The molecule has 0 aliphatic rings. The number of ketones is 1. The molecule has 1 heterocycles. The number of anilines is 1. The number of Topliss-reactive ketones (excluding diaryl/α,β-unsaturated/α-hetero) is 1. The highest BCUT2D eigenvalue weighted by Crippen LogP contribution is 2.28. The van der Waals surface area contributed by atoms with Crippen LogP contribution in [0.5, 0.6) is 0 Å². The summed E-state index contributed by atoms with van der Waals surface area (Å²) in [5.74, 6) is -0.244. The SMILES string of the molecule is CC(=O)c1cccc(S(=O)(=O)Nc2c(Cl)ncnc2Cl)c1. The van der Waals surface area contributed by atoms with Crippen molar-refractivity contribution in [1.82, 2.24) is 9.97 Å². The van der Waals surface area contributed by atoms with Gasteiger partial charge in [0.25, 0.3) is 10.0 Å². The minimum absolute atomic E-state index is 0.0915. The van der Waals surface area contributed by atoms with Gasteiger partial charge in [0.2, 0.25) is 0 Å². The van der Waals surface area contributed by atoms with E-state index in [1.165, 1.54) is 31.2 Å². The predicted octanol–water partition coefficient (Wildman–Crippen LogP) is 2.79. The van der Waals surface area contributed by atoms with Crippen molar-refractivity contribution in [3.05, 3.63) is 46.5 Å². The summed E-state index contributed by atoms with van der Waals surface area (Å²) in [6.45, 7) is 1.35. The molecule has 0 aliphatic heterocycles. The third-order valence-corrected chi connectivity index (χ3v) is 4.46. The van der Waals surface area contributed by atoms with Gasteiger partial charge in [0.05, 0.1) is 4.90 Å². The molecule has 0 atom stereocenters. The second-order valence-corrected chi connectivity index (χ2v) is 6.42. The lowest BCUT2D eigenvalue weighted by molar-refractivity contribution is 0.101. The maximum absolute atomic E-state index is 12.3. The van der Waals surface area contributed by atoms with E-state index in [9.17, 15) is 13.2 Å². The largest absolute Gasteiger partial charge is 0.295 e. The van der Waals surface area contributed by atoms with Crippen molar-refractivity contribution in [1.29, 1.82) is 0 Å². The molecule has 0 saturated heterocycles. The fourth-order valence-corrected chi connectivity index (χ4v) is 3.15. The molecule has 2 aromatic rings. The predicted molar refractivity (Wildman–Crippen MR) is 79.3 cm³/mol. The summed E-state index contributed by atoms with van der Waals surface area (Å²) in [6.07, 6.45) is 1.11. The van der Waals surface area contributed by atoms with Gasteiger partial charge >= 0.3 is 0 Å². The van der Waals surface area contributed by atoms with Crippen molar-refractivity contribution in [3.8, 4) is 0 Å². The molecule has 0 radical (unpaired) electrons. The number of halogens is 2. The number of benzene rings is 1. The summed E-state index contributed by atoms with van der Waals surface area (Å²) in [5, 5.41) is -0.248. The molecular formula is C12H9Cl2N3O3S. The van der Waals surface area contributed by atoms with Crippen LogP contribution in [0.1, 0.15) is 17.3 Å². The number of hydrogen-bond acceptors (Lipinski definition) is 5. The van der Waals surface area contributed by atoms with Crippen LogP contribution in [-0.4, -0.2) is 24.2 Å². The van der Waals surface area contributed by atoms with Crippen LogP contribution in [0.2, 0.25) is 10.3 Å². The average molecular weight is 346 g/mol. The number of aromatic nitrogens is 2. The molecule has 21 heavy (non-hydrogen) atoms. The van der Waals surface area contributed by atoms with Crippen LogP contribution in [0.15, 0.2) is 35.5 Å². The lowest BCUT2D eigenvalue weighted by Gasteiger charge is -2.10. The van der Waals surface area contributed by atoms with Gasteiger partial charge in [-0.1, -0.05) is 35.3 Å². The Kier molecular flexibility index (Phi) is 4.46. The summed E-state index contributed by atoms with van der Waals surface area (Å²) < 4.78 is 26.8. The zero-order chi connectivity index (χ0) is 15.6. The first-order valence-corrected chi connectivity index (χ1v) is 7.85. The zero-order valence-electron chi connectivity index (χ0n) is 10.7. The molecule has 0 fully saturated rings. The van der Waals surface area contributed by atoms with Crippen LogP contribution < -0.4 is 4.72 Å². The molecule has 1 N–H and O–H groups in total. The Morgan fingerprint density at radius 3 is 2.38 bits per heavy atom. The molecule has 6 nitrogen and oxygen atoms in total. The molecular weight excluding hydrogens is 337 g/mol. The quantitative estimate of drug-likeness (QED) is 0.679. The van der Waals surface area contributed by atoms with Gasteiger partial charge in [-0.2, -0.15) is 0 Å². The Morgan fingerprint density at radius 2 is 1.81 bits per heavy atom. The lowest BCUT2D eigenvalue weighted by Crippen LogP contribution is -2.14. The van der Waals surface area contributed by atoms with Crippen LogP contribution in [0, 0.1) is 0 Å². The van der Waals surface area contributed by atoms with Crippen molar-refractivity contribution in [3.63, 3.8) is 0 Å². The van der Waals surface area contributed by atoms with E-state index in [1.54, 1.807) is 0 Å². The highest BCUT2D eigenvalue weighted by molar-refractivity contribution is 7.92. The monoisotopic (exact) mass is 345 g/mol. The minimum atomic E-state index is -3.97. The van der Waals surface area contributed by atoms with Gasteiger partial charge < -0.3 is 0 Å². The van der Waals surface area contributed by atoms with Crippen molar-refractivity contribution in [2.75, 3.05) is 4.72 Å². The van der Waals surface area contributed by atoms with Crippen molar-refractivity contribution < 1.29 is 13.2 Å². The summed E-state index contributed by atoms with van der Waals surface area (Å²) in [6, 6.07) is 5.60. The van der Waals surface area contributed by atoms with Crippen molar-refractivity contribution in [2.24, 2.45) is 0 Å². The van der Waals surface area contributed by atoms with E-state index in [1.807, 2.05) is 0 Å². The molecule has 0 bridgehead atoms. The number of carbonyl (C=O) groups excluding carboxylic acids is 1. The molecule has 1 aromatic carbocycles. The maximum atomic E-state index is 12.3. The van der Waals surface area contributed by atoms with Gasteiger partial charge in [0.15, 0.2) is 16.1 Å². The Balaban J connectivity index is 2.44. The molecule has 0 aliphatic carbocycles. The topological polar surface area (TPSA) is 89.0 Å². The first-order valence-electron chi connectivity index (χ1n) is 5.61. The van der Waals surface area contributed by atoms with Crippen LogP contribution in [0.3, 0.4) is 0 Å². The van der Waals surface area contributed by atoms with Crippen LogP contribution in [0.4, 0.5) is 5.69 Å². The molecule has 0 amide bonds. The van der Waals surface area contributed by atoms with E-state index in [0.29, 0.717) is 0 Å².